The number of likely N-dealkylation sites (N-methyl/N-ethyl adjacent to an activating group) is 1. The minimum absolute atomic E-state index is 0.402. The van der Waals surface area contributed by atoms with E-state index in [1.54, 1.807) is 6.20 Å². The predicted octanol–water partition coefficient (Wildman–Crippen LogP) is 3.27. The van der Waals surface area contributed by atoms with Crippen LogP contribution in [-0.4, -0.2) is 39.1 Å². The van der Waals surface area contributed by atoms with Crippen molar-refractivity contribution < 1.29 is 0 Å². The van der Waals surface area contributed by atoms with Crippen LogP contribution in [0.1, 0.15) is 19.7 Å². The van der Waals surface area contributed by atoms with Crippen molar-refractivity contribution in [3.05, 3.63) is 22.6 Å². The molecule has 0 saturated heterocycles. The van der Waals surface area contributed by atoms with Gasteiger partial charge in [0.25, 0.3) is 0 Å². The molecular formula is C13H18BrClN4. The Hall–Kier alpha value is -0.650. The zero-order chi connectivity index (χ0) is 14.0. The molecule has 19 heavy (non-hydrogen) atoms. The zero-order valence-electron chi connectivity index (χ0n) is 11.4. The maximum atomic E-state index is 5.98. The number of nitrogens with zero attached hydrogens (tertiary/aromatic N) is 4. The quantitative estimate of drug-likeness (QED) is 0.780. The number of hydrogen-bond donors (Lipinski definition) is 0. The van der Waals surface area contributed by atoms with E-state index in [9.17, 15) is 0 Å². The van der Waals surface area contributed by atoms with E-state index in [1.807, 2.05) is 6.07 Å². The fourth-order valence-corrected chi connectivity index (χ4v) is 2.41. The van der Waals surface area contributed by atoms with Gasteiger partial charge in [0.15, 0.2) is 5.65 Å². The van der Waals surface area contributed by atoms with Gasteiger partial charge >= 0.3 is 0 Å². The molecule has 0 aromatic carbocycles. The highest BCUT2D eigenvalue weighted by Crippen LogP contribution is 2.19. The smallest absolute Gasteiger partial charge is 0.160 e. The summed E-state index contributed by atoms with van der Waals surface area (Å²) in [6, 6.07) is 2.50. The van der Waals surface area contributed by atoms with Crippen molar-refractivity contribution in [2.45, 2.75) is 32.3 Å². The van der Waals surface area contributed by atoms with Gasteiger partial charge in [0.2, 0.25) is 0 Å². The minimum atomic E-state index is 0.402. The summed E-state index contributed by atoms with van der Waals surface area (Å²) in [5, 5.41) is 0. The Morgan fingerprint density at radius 3 is 2.84 bits per heavy atom. The summed E-state index contributed by atoms with van der Waals surface area (Å²) in [7, 11) is 2.12. The SMILES string of the molecule is CC(C)N(C)CCn1c(CCl)nc2cc(Br)cnc21. The fraction of sp³-hybridized carbons (Fsp3) is 0.538. The first-order chi connectivity index (χ1) is 9.02. The molecule has 0 radical (unpaired) electrons. The first-order valence-electron chi connectivity index (χ1n) is 6.29. The predicted molar refractivity (Wildman–Crippen MR) is 82.6 cm³/mol. The lowest BCUT2D eigenvalue weighted by Gasteiger charge is -2.21. The zero-order valence-corrected chi connectivity index (χ0v) is 13.7. The largest absolute Gasteiger partial charge is 0.310 e. The summed E-state index contributed by atoms with van der Waals surface area (Å²) in [5.74, 6) is 1.28. The number of hydrogen-bond acceptors (Lipinski definition) is 3. The molecule has 104 valence electrons. The molecule has 0 fully saturated rings. The van der Waals surface area contributed by atoms with Crippen molar-refractivity contribution in [3.63, 3.8) is 0 Å². The number of rotatable bonds is 5. The maximum absolute atomic E-state index is 5.98. The lowest BCUT2D eigenvalue weighted by atomic mass is 10.3. The van der Waals surface area contributed by atoms with Crippen LogP contribution in [0.25, 0.3) is 11.2 Å². The molecule has 2 aromatic heterocycles. The van der Waals surface area contributed by atoms with Gasteiger partial charge in [0.05, 0.1) is 5.88 Å². The molecule has 6 heteroatoms. The van der Waals surface area contributed by atoms with Crippen molar-refractivity contribution in [2.24, 2.45) is 0 Å². The van der Waals surface area contributed by atoms with E-state index in [4.69, 9.17) is 11.6 Å². The van der Waals surface area contributed by atoms with Gasteiger partial charge in [-0.05, 0) is 42.9 Å². The average Bonchev–Trinajstić information content (AvgIpc) is 2.72. The number of aromatic nitrogens is 3. The number of fused-ring (bicyclic) bond motifs is 1. The highest BCUT2D eigenvalue weighted by atomic mass is 79.9. The second kappa shape index (κ2) is 6.20. The molecular weight excluding hydrogens is 328 g/mol. The van der Waals surface area contributed by atoms with Gasteiger partial charge in [-0.3, -0.25) is 0 Å². The van der Waals surface area contributed by atoms with Gasteiger partial charge in [-0.25, -0.2) is 9.97 Å². The van der Waals surface area contributed by atoms with E-state index in [-0.39, 0.29) is 0 Å². The molecule has 4 nitrogen and oxygen atoms in total. The van der Waals surface area contributed by atoms with E-state index >= 15 is 0 Å². The van der Waals surface area contributed by atoms with Crippen LogP contribution in [0, 0.1) is 0 Å². The summed E-state index contributed by atoms with van der Waals surface area (Å²) < 4.78 is 3.04. The Labute approximate surface area is 126 Å². The van der Waals surface area contributed by atoms with Crippen molar-refractivity contribution in [3.8, 4) is 0 Å². The van der Waals surface area contributed by atoms with Crippen LogP contribution < -0.4 is 0 Å². The number of pyridine rings is 1. The first-order valence-corrected chi connectivity index (χ1v) is 7.62. The Kier molecular flexibility index (Phi) is 4.81. The van der Waals surface area contributed by atoms with Gasteiger partial charge in [0, 0.05) is 29.8 Å². The number of imidazole rings is 1. The lowest BCUT2D eigenvalue weighted by Crippen LogP contribution is -2.30. The molecule has 2 heterocycles. The normalized spacial score (nSPS) is 11.9. The second-order valence-electron chi connectivity index (χ2n) is 4.88. The van der Waals surface area contributed by atoms with Crippen LogP contribution in [-0.2, 0) is 12.4 Å². The number of halogens is 2. The summed E-state index contributed by atoms with van der Waals surface area (Å²) in [5.41, 5.74) is 1.79. The van der Waals surface area contributed by atoms with Crippen LogP contribution in [0.4, 0.5) is 0 Å². The molecule has 0 atom stereocenters. The Morgan fingerprint density at radius 1 is 1.47 bits per heavy atom. The third kappa shape index (κ3) is 3.27. The molecule has 2 aromatic rings. The van der Waals surface area contributed by atoms with E-state index in [2.05, 4.69) is 56.3 Å². The molecule has 0 unspecified atom stereocenters. The molecule has 0 N–H and O–H groups in total. The molecule has 0 aliphatic rings. The van der Waals surface area contributed by atoms with Crippen molar-refractivity contribution in [2.75, 3.05) is 13.6 Å². The third-order valence-electron chi connectivity index (χ3n) is 3.31. The van der Waals surface area contributed by atoms with Gasteiger partial charge in [-0.15, -0.1) is 11.6 Å². The standard InChI is InChI=1S/C13H18BrClN4/c1-9(2)18(3)4-5-19-12(7-15)17-11-6-10(14)8-16-13(11)19/h6,8-9H,4-5,7H2,1-3H3. The molecule has 0 aliphatic heterocycles. The summed E-state index contributed by atoms with van der Waals surface area (Å²) in [6.07, 6.45) is 1.80. The van der Waals surface area contributed by atoms with Crippen LogP contribution in [0.5, 0.6) is 0 Å². The van der Waals surface area contributed by atoms with Gasteiger partial charge in [-0.1, -0.05) is 0 Å². The molecule has 0 saturated carbocycles. The molecule has 0 spiro atoms. The topological polar surface area (TPSA) is 34.0 Å². The Morgan fingerprint density at radius 2 is 2.21 bits per heavy atom. The average molecular weight is 346 g/mol. The van der Waals surface area contributed by atoms with Crippen LogP contribution in [0.2, 0.25) is 0 Å². The highest BCUT2D eigenvalue weighted by Gasteiger charge is 2.12. The van der Waals surface area contributed by atoms with Gasteiger partial charge in [-0.2, -0.15) is 0 Å². The molecule has 0 aliphatic carbocycles. The van der Waals surface area contributed by atoms with Crippen LogP contribution in [0.3, 0.4) is 0 Å². The van der Waals surface area contributed by atoms with Crippen LogP contribution in [0.15, 0.2) is 16.7 Å². The third-order valence-corrected chi connectivity index (χ3v) is 3.98. The number of alkyl halides is 1. The molecule has 0 amide bonds. The van der Waals surface area contributed by atoms with Crippen molar-refractivity contribution in [1.29, 1.82) is 0 Å². The maximum Gasteiger partial charge on any atom is 0.160 e. The van der Waals surface area contributed by atoms with E-state index in [1.165, 1.54) is 0 Å². The van der Waals surface area contributed by atoms with Crippen molar-refractivity contribution in [1.82, 2.24) is 19.4 Å². The van der Waals surface area contributed by atoms with E-state index in [0.29, 0.717) is 11.9 Å². The highest BCUT2D eigenvalue weighted by molar-refractivity contribution is 9.10. The van der Waals surface area contributed by atoms with Gasteiger partial charge < -0.3 is 9.47 Å². The minimum Gasteiger partial charge on any atom is -0.310 e. The Balaban J connectivity index is 2.30. The summed E-state index contributed by atoms with van der Waals surface area (Å²) >= 11 is 9.40. The van der Waals surface area contributed by atoms with E-state index < -0.39 is 0 Å². The fourth-order valence-electron chi connectivity index (χ4n) is 1.89. The molecule has 2 rings (SSSR count). The monoisotopic (exact) mass is 344 g/mol. The van der Waals surface area contributed by atoms with Crippen LogP contribution >= 0.6 is 27.5 Å². The van der Waals surface area contributed by atoms with Crippen molar-refractivity contribution >= 4 is 38.7 Å². The summed E-state index contributed by atoms with van der Waals surface area (Å²) in [4.78, 5) is 11.3. The van der Waals surface area contributed by atoms with Gasteiger partial charge in [0.1, 0.15) is 11.3 Å². The summed E-state index contributed by atoms with van der Waals surface area (Å²) in [6.45, 7) is 6.17. The second-order valence-corrected chi connectivity index (χ2v) is 6.07. The van der Waals surface area contributed by atoms with E-state index in [0.717, 1.165) is 34.6 Å². The molecule has 0 bridgehead atoms. The Bertz CT molecular complexity index is 567. The first kappa shape index (κ1) is 14.8. The lowest BCUT2D eigenvalue weighted by molar-refractivity contribution is 0.263.